The number of aromatic nitrogens is 2. The molecule has 0 radical (unpaired) electrons. The van der Waals surface area contributed by atoms with Crippen LogP contribution in [0, 0.1) is 5.41 Å². The van der Waals surface area contributed by atoms with Crippen molar-refractivity contribution in [3.05, 3.63) is 28.7 Å². The van der Waals surface area contributed by atoms with Crippen LogP contribution in [0.1, 0.15) is 0 Å². The highest BCUT2D eigenvalue weighted by molar-refractivity contribution is 6.31. The summed E-state index contributed by atoms with van der Waals surface area (Å²) >= 11 is 5.90. The van der Waals surface area contributed by atoms with Gasteiger partial charge in [-0.25, -0.2) is 9.97 Å². The Morgan fingerprint density at radius 2 is 2.06 bits per heavy atom. The highest BCUT2D eigenvalue weighted by atomic mass is 35.5. The molecule has 86 valence electrons. The number of benzene rings is 1. The van der Waals surface area contributed by atoms with Crippen molar-refractivity contribution in [3.8, 4) is 0 Å². The van der Waals surface area contributed by atoms with E-state index in [0.717, 1.165) is 0 Å². The predicted molar refractivity (Wildman–Crippen MR) is 65.4 cm³/mol. The van der Waals surface area contributed by atoms with Crippen LogP contribution in [-0.2, 0) is 0 Å². The summed E-state index contributed by atoms with van der Waals surface area (Å²) in [6.07, 6.45) is 0. The molecule has 0 fully saturated rings. The van der Waals surface area contributed by atoms with E-state index in [0.29, 0.717) is 27.6 Å². The molecule has 3 N–H and O–H groups in total. The van der Waals surface area contributed by atoms with E-state index in [2.05, 4.69) is 20.8 Å². The highest BCUT2D eigenvalue weighted by Crippen LogP contribution is 2.22. The fraction of sp³-hybridized carbons (Fsp3) is 0.100. The zero-order chi connectivity index (χ0) is 12.0. The molecule has 0 atom stereocenters. The van der Waals surface area contributed by atoms with Crippen molar-refractivity contribution >= 4 is 34.1 Å². The number of nitrogens with one attached hydrogen (secondary N) is 3. The summed E-state index contributed by atoms with van der Waals surface area (Å²) in [5.41, 5.74) is 7.91. The summed E-state index contributed by atoms with van der Waals surface area (Å²) < 4.78 is 0. The second-order valence-electron chi connectivity index (χ2n) is 3.71. The van der Waals surface area contributed by atoms with Crippen molar-refractivity contribution in [1.82, 2.24) is 15.1 Å². The lowest BCUT2D eigenvalue weighted by Crippen LogP contribution is -2.25. The molecule has 0 spiro atoms. The lowest BCUT2D eigenvalue weighted by Gasteiger charge is -2.07. The minimum Gasteiger partial charge on any atom is -0.295 e. The maximum atomic E-state index is 7.89. The standard InChI is InChI=1S/C10H9ClN6/c1-17-15-8-9(12)13-7-4-5(11)2-3-6(7)14-10(8)16-17/h2-4,12,15-16H,1H3. The average molecular weight is 249 g/mol. The van der Waals surface area contributed by atoms with E-state index >= 15 is 0 Å². The summed E-state index contributed by atoms with van der Waals surface area (Å²) in [5, 5.41) is 10.1. The topological polar surface area (TPSA) is 76.9 Å². The van der Waals surface area contributed by atoms with Gasteiger partial charge < -0.3 is 0 Å². The number of hydrogen-bond acceptors (Lipinski definition) is 6. The number of hydrogen-bond donors (Lipinski definition) is 3. The molecule has 0 unspecified atom stereocenters. The van der Waals surface area contributed by atoms with Gasteiger partial charge in [-0.1, -0.05) is 11.6 Å². The average Bonchev–Trinajstić information content (AvgIpc) is 2.58. The lowest BCUT2D eigenvalue weighted by molar-refractivity contribution is 0.504. The molecular formula is C10H9ClN6. The van der Waals surface area contributed by atoms with Gasteiger partial charge in [0.15, 0.2) is 11.3 Å². The van der Waals surface area contributed by atoms with Crippen LogP contribution in [0.5, 0.6) is 0 Å². The van der Waals surface area contributed by atoms with E-state index in [-0.39, 0.29) is 5.49 Å². The molecule has 0 aliphatic carbocycles. The van der Waals surface area contributed by atoms with E-state index in [4.69, 9.17) is 17.0 Å². The van der Waals surface area contributed by atoms with Gasteiger partial charge in [0, 0.05) is 12.1 Å². The zero-order valence-corrected chi connectivity index (χ0v) is 9.71. The third-order valence-corrected chi connectivity index (χ3v) is 2.66. The normalized spacial score (nSPS) is 14.2. The molecule has 0 amide bonds. The summed E-state index contributed by atoms with van der Waals surface area (Å²) in [4.78, 5) is 8.61. The molecular weight excluding hydrogens is 240 g/mol. The number of anilines is 2. The molecule has 1 aromatic heterocycles. The van der Waals surface area contributed by atoms with Crippen molar-refractivity contribution in [2.24, 2.45) is 0 Å². The number of fused-ring (bicyclic) bond motifs is 2. The fourth-order valence-corrected chi connectivity index (χ4v) is 1.85. The van der Waals surface area contributed by atoms with Crippen LogP contribution in [-0.4, -0.2) is 22.1 Å². The summed E-state index contributed by atoms with van der Waals surface area (Å²) in [6, 6.07) is 5.23. The Bertz CT molecular complexity index is 671. The Hall–Kier alpha value is -1.92. The van der Waals surface area contributed by atoms with Crippen LogP contribution in [0.2, 0.25) is 5.02 Å². The van der Waals surface area contributed by atoms with Crippen molar-refractivity contribution in [3.63, 3.8) is 0 Å². The van der Waals surface area contributed by atoms with Gasteiger partial charge in [0.05, 0.1) is 11.0 Å². The van der Waals surface area contributed by atoms with Gasteiger partial charge in [0.2, 0.25) is 0 Å². The van der Waals surface area contributed by atoms with E-state index in [1.165, 1.54) is 0 Å². The van der Waals surface area contributed by atoms with Gasteiger partial charge in [0.25, 0.3) is 0 Å². The van der Waals surface area contributed by atoms with E-state index < -0.39 is 0 Å². The maximum absolute atomic E-state index is 7.89. The molecule has 0 saturated carbocycles. The van der Waals surface area contributed by atoms with Crippen molar-refractivity contribution in [2.45, 2.75) is 0 Å². The van der Waals surface area contributed by atoms with E-state index in [9.17, 15) is 0 Å². The minimum atomic E-state index is 0.126. The van der Waals surface area contributed by atoms with Crippen LogP contribution < -0.4 is 16.3 Å². The Morgan fingerprint density at radius 3 is 2.88 bits per heavy atom. The second-order valence-corrected chi connectivity index (χ2v) is 4.15. The Morgan fingerprint density at radius 1 is 1.24 bits per heavy atom. The smallest absolute Gasteiger partial charge is 0.174 e. The van der Waals surface area contributed by atoms with Gasteiger partial charge in [-0.3, -0.25) is 16.3 Å². The van der Waals surface area contributed by atoms with Crippen molar-refractivity contribution in [1.29, 1.82) is 5.41 Å². The van der Waals surface area contributed by atoms with E-state index in [1.54, 1.807) is 30.4 Å². The first kappa shape index (κ1) is 10.2. The quantitative estimate of drug-likeness (QED) is 0.656. The minimum absolute atomic E-state index is 0.126. The molecule has 1 aromatic carbocycles. The molecule has 2 aromatic rings. The van der Waals surface area contributed by atoms with Gasteiger partial charge in [0.1, 0.15) is 5.69 Å². The molecule has 17 heavy (non-hydrogen) atoms. The van der Waals surface area contributed by atoms with Gasteiger partial charge in [-0.15, -0.1) is 5.12 Å². The van der Waals surface area contributed by atoms with Crippen LogP contribution in [0.15, 0.2) is 18.2 Å². The largest absolute Gasteiger partial charge is 0.295 e. The first-order valence-electron chi connectivity index (χ1n) is 4.97. The molecule has 0 bridgehead atoms. The SMILES string of the molecule is CN1Nc2nc3ccc(Cl)cc3nc(=N)c2N1. The highest BCUT2D eigenvalue weighted by Gasteiger charge is 2.17. The summed E-state index contributed by atoms with van der Waals surface area (Å²) in [5.74, 6) is 0.585. The Kier molecular flexibility index (Phi) is 2.13. The molecule has 1 aliphatic heterocycles. The molecule has 6 nitrogen and oxygen atoms in total. The predicted octanol–water partition coefficient (Wildman–Crippen LogP) is 1.36. The van der Waals surface area contributed by atoms with Gasteiger partial charge in [-0.05, 0) is 18.2 Å². The van der Waals surface area contributed by atoms with Crippen LogP contribution in [0.3, 0.4) is 0 Å². The van der Waals surface area contributed by atoms with Crippen molar-refractivity contribution in [2.75, 3.05) is 17.9 Å². The van der Waals surface area contributed by atoms with Gasteiger partial charge in [-0.2, -0.15) is 0 Å². The number of rotatable bonds is 0. The summed E-state index contributed by atoms with van der Waals surface area (Å²) in [7, 11) is 1.79. The monoisotopic (exact) mass is 248 g/mol. The third kappa shape index (κ3) is 1.67. The second kappa shape index (κ2) is 3.54. The first-order valence-corrected chi connectivity index (χ1v) is 5.34. The van der Waals surface area contributed by atoms with Gasteiger partial charge >= 0.3 is 0 Å². The molecule has 3 rings (SSSR count). The van der Waals surface area contributed by atoms with Crippen molar-refractivity contribution < 1.29 is 0 Å². The Labute approximate surface area is 102 Å². The fourth-order valence-electron chi connectivity index (χ4n) is 1.69. The summed E-state index contributed by atoms with van der Waals surface area (Å²) in [6.45, 7) is 0. The molecule has 1 aliphatic rings. The lowest BCUT2D eigenvalue weighted by atomic mass is 10.3. The number of hydrazine groups is 2. The molecule has 2 heterocycles. The van der Waals surface area contributed by atoms with E-state index in [1.807, 2.05) is 0 Å². The Balaban J connectivity index is 2.39. The number of halogens is 1. The number of nitrogens with zero attached hydrogens (tertiary/aromatic N) is 3. The third-order valence-electron chi connectivity index (χ3n) is 2.43. The zero-order valence-electron chi connectivity index (χ0n) is 8.95. The first-order chi connectivity index (χ1) is 8.13. The molecule has 0 saturated heterocycles. The van der Waals surface area contributed by atoms with Crippen LogP contribution >= 0.6 is 11.6 Å². The van der Waals surface area contributed by atoms with Crippen LogP contribution in [0.4, 0.5) is 11.5 Å². The van der Waals surface area contributed by atoms with Crippen LogP contribution in [0.25, 0.3) is 11.0 Å². The maximum Gasteiger partial charge on any atom is 0.174 e. The molecule has 7 heteroatoms.